The molecule has 0 aliphatic rings. The van der Waals surface area contributed by atoms with Crippen LogP contribution < -0.4 is 5.32 Å². The van der Waals surface area contributed by atoms with Crippen molar-refractivity contribution in [2.24, 2.45) is 0 Å². The first-order valence-corrected chi connectivity index (χ1v) is 5.14. The molecule has 0 spiro atoms. The van der Waals surface area contributed by atoms with Gasteiger partial charge in [-0.2, -0.15) is 0 Å². The highest BCUT2D eigenvalue weighted by atomic mass is 79.9. The van der Waals surface area contributed by atoms with Crippen LogP contribution in [0.15, 0.2) is 17.0 Å². The largest absolute Gasteiger partial charge is 0.444 e. The molecule has 1 N–H and O–H groups in total. The summed E-state index contributed by atoms with van der Waals surface area (Å²) < 4.78 is 5.60. The molecule has 1 heterocycles. The quantitative estimate of drug-likeness (QED) is 0.854. The van der Waals surface area contributed by atoms with Crippen LogP contribution in [-0.2, 0) is 4.74 Å². The Hall–Kier alpha value is -1.17. The summed E-state index contributed by atoms with van der Waals surface area (Å²) in [6.07, 6.45) is 2.42. The summed E-state index contributed by atoms with van der Waals surface area (Å²) in [5.41, 5.74) is -0.524. The number of nitrogens with zero attached hydrogens (tertiary/aromatic N) is 2. The molecule has 5 nitrogen and oxygen atoms in total. The Morgan fingerprint density at radius 2 is 2.13 bits per heavy atom. The summed E-state index contributed by atoms with van der Waals surface area (Å²) in [6.45, 7) is 5.37. The number of nitrogens with one attached hydrogen (secondary N) is 1. The molecule has 82 valence electrons. The summed E-state index contributed by atoms with van der Waals surface area (Å²) in [5, 5.41) is 2.47. The van der Waals surface area contributed by atoms with Crippen molar-refractivity contribution in [3.63, 3.8) is 0 Å². The smallest absolute Gasteiger partial charge is 0.413 e. The zero-order valence-corrected chi connectivity index (χ0v) is 10.3. The summed E-state index contributed by atoms with van der Waals surface area (Å²) in [5.74, 6) is 0.346. The lowest BCUT2D eigenvalue weighted by molar-refractivity contribution is 0.0635. The first-order valence-electron chi connectivity index (χ1n) is 4.34. The van der Waals surface area contributed by atoms with Gasteiger partial charge in [-0.25, -0.2) is 9.78 Å². The molecule has 1 amide bonds. The lowest BCUT2D eigenvalue weighted by Gasteiger charge is -2.19. The molecule has 0 saturated heterocycles. The number of hydrogen-bond donors (Lipinski definition) is 1. The van der Waals surface area contributed by atoms with Crippen LogP contribution in [0.5, 0.6) is 0 Å². The lowest BCUT2D eigenvalue weighted by atomic mass is 10.2. The van der Waals surface area contributed by atoms with Crippen molar-refractivity contribution >= 4 is 27.8 Å². The maximum atomic E-state index is 11.3. The molecule has 0 aromatic carbocycles. The van der Waals surface area contributed by atoms with E-state index in [4.69, 9.17) is 4.74 Å². The highest BCUT2D eigenvalue weighted by molar-refractivity contribution is 9.10. The Morgan fingerprint density at radius 1 is 1.47 bits per heavy atom. The van der Waals surface area contributed by atoms with E-state index in [0.717, 1.165) is 0 Å². The molecule has 0 fully saturated rings. The van der Waals surface area contributed by atoms with E-state index in [1.165, 1.54) is 12.4 Å². The van der Waals surface area contributed by atoms with Crippen LogP contribution in [0.4, 0.5) is 10.6 Å². The average molecular weight is 274 g/mol. The Morgan fingerprint density at radius 3 is 2.67 bits per heavy atom. The van der Waals surface area contributed by atoms with Crippen LogP contribution in [0.2, 0.25) is 0 Å². The van der Waals surface area contributed by atoms with Crippen LogP contribution in [0.1, 0.15) is 20.8 Å². The first-order chi connectivity index (χ1) is 6.87. The third kappa shape index (κ3) is 4.73. The predicted molar refractivity (Wildman–Crippen MR) is 59.6 cm³/mol. The zero-order chi connectivity index (χ0) is 11.5. The maximum absolute atomic E-state index is 11.3. The number of rotatable bonds is 1. The van der Waals surface area contributed by atoms with E-state index in [1.54, 1.807) is 20.8 Å². The molecular weight excluding hydrogens is 262 g/mol. The summed E-state index contributed by atoms with van der Waals surface area (Å²) in [4.78, 5) is 19.2. The molecule has 6 heteroatoms. The number of carbonyl (C=O) groups excluding carboxylic acids is 1. The number of carbonyl (C=O) groups is 1. The summed E-state index contributed by atoms with van der Waals surface area (Å²) >= 11 is 3.15. The first kappa shape index (κ1) is 11.9. The molecule has 0 aliphatic carbocycles. The molecule has 1 aromatic rings. The highest BCUT2D eigenvalue weighted by Crippen LogP contribution is 2.11. The van der Waals surface area contributed by atoms with Crippen LogP contribution in [0, 0.1) is 0 Å². The van der Waals surface area contributed by atoms with Crippen molar-refractivity contribution in [3.05, 3.63) is 17.0 Å². The van der Waals surface area contributed by atoms with E-state index in [2.05, 4.69) is 31.2 Å². The van der Waals surface area contributed by atoms with Crippen LogP contribution >= 0.6 is 15.9 Å². The Kier molecular flexibility index (Phi) is 3.62. The average Bonchev–Trinajstić information content (AvgIpc) is 1.99. The van der Waals surface area contributed by atoms with Gasteiger partial charge in [0.05, 0.1) is 12.4 Å². The molecule has 1 aromatic heterocycles. The summed E-state index contributed by atoms with van der Waals surface area (Å²) in [6, 6.07) is 0. The van der Waals surface area contributed by atoms with Crippen molar-refractivity contribution in [2.45, 2.75) is 26.4 Å². The molecule has 0 radical (unpaired) electrons. The molecule has 15 heavy (non-hydrogen) atoms. The van der Waals surface area contributed by atoms with Gasteiger partial charge in [0.25, 0.3) is 0 Å². The lowest BCUT2D eigenvalue weighted by Crippen LogP contribution is -2.27. The van der Waals surface area contributed by atoms with Crippen LogP contribution in [0.3, 0.4) is 0 Å². The van der Waals surface area contributed by atoms with Crippen molar-refractivity contribution in [1.82, 2.24) is 9.97 Å². The Bertz CT molecular complexity index is 363. The second-order valence-corrected chi connectivity index (χ2v) is 4.67. The minimum Gasteiger partial charge on any atom is -0.444 e. The fraction of sp³-hybridized carbons (Fsp3) is 0.444. The Labute approximate surface area is 96.4 Å². The number of aromatic nitrogens is 2. The third-order valence-electron chi connectivity index (χ3n) is 1.23. The van der Waals surface area contributed by atoms with Crippen LogP contribution in [-0.4, -0.2) is 21.7 Å². The normalized spacial score (nSPS) is 10.9. The molecule has 1 rings (SSSR count). The van der Waals surface area contributed by atoms with Crippen molar-refractivity contribution in [1.29, 1.82) is 0 Å². The minimum absolute atomic E-state index is 0.346. The zero-order valence-electron chi connectivity index (χ0n) is 8.74. The van der Waals surface area contributed by atoms with Gasteiger partial charge in [-0.1, -0.05) is 0 Å². The van der Waals surface area contributed by atoms with Gasteiger partial charge in [0, 0.05) is 0 Å². The molecular formula is C9H12BrN3O2. The number of ether oxygens (including phenoxy) is 1. The van der Waals surface area contributed by atoms with Gasteiger partial charge in [-0.05, 0) is 36.7 Å². The number of amides is 1. The second-order valence-electron chi connectivity index (χ2n) is 3.85. The molecule has 0 saturated carbocycles. The molecule has 0 unspecified atom stereocenters. The van der Waals surface area contributed by atoms with Crippen molar-refractivity contribution < 1.29 is 9.53 Å². The van der Waals surface area contributed by atoms with E-state index in [-0.39, 0.29) is 0 Å². The molecule has 0 atom stereocenters. The van der Waals surface area contributed by atoms with E-state index in [1.807, 2.05) is 0 Å². The van der Waals surface area contributed by atoms with E-state index < -0.39 is 11.7 Å². The number of anilines is 1. The topological polar surface area (TPSA) is 64.1 Å². The minimum atomic E-state index is -0.546. The third-order valence-corrected chi connectivity index (χ3v) is 1.62. The number of hydrogen-bond acceptors (Lipinski definition) is 4. The van der Waals surface area contributed by atoms with E-state index >= 15 is 0 Å². The van der Waals surface area contributed by atoms with E-state index in [9.17, 15) is 4.79 Å². The van der Waals surface area contributed by atoms with Gasteiger partial charge in [0.15, 0.2) is 5.82 Å². The van der Waals surface area contributed by atoms with Gasteiger partial charge in [-0.3, -0.25) is 10.3 Å². The van der Waals surface area contributed by atoms with Crippen molar-refractivity contribution in [3.8, 4) is 0 Å². The fourth-order valence-corrected chi connectivity index (χ4v) is 1.12. The molecule has 0 aliphatic heterocycles. The number of halogens is 1. The highest BCUT2D eigenvalue weighted by Gasteiger charge is 2.16. The van der Waals surface area contributed by atoms with Gasteiger partial charge >= 0.3 is 6.09 Å². The second kappa shape index (κ2) is 4.57. The monoisotopic (exact) mass is 273 g/mol. The standard InChI is InChI=1S/C9H12BrN3O2/c1-9(2,3)15-8(14)13-7-5-11-4-6(10)12-7/h4-5H,1-3H3,(H,12,13,14). The van der Waals surface area contributed by atoms with Gasteiger partial charge in [-0.15, -0.1) is 0 Å². The fourth-order valence-electron chi connectivity index (χ4n) is 0.811. The van der Waals surface area contributed by atoms with Gasteiger partial charge in [0.2, 0.25) is 0 Å². The molecule has 0 bridgehead atoms. The predicted octanol–water partition coefficient (Wildman–Crippen LogP) is 2.59. The van der Waals surface area contributed by atoms with E-state index in [0.29, 0.717) is 10.4 Å². The SMILES string of the molecule is CC(C)(C)OC(=O)Nc1cncc(Br)n1. The van der Waals surface area contributed by atoms with Crippen LogP contribution in [0.25, 0.3) is 0 Å². The summed E-state index contributed by atoms with van der Waals surface area (Å²) in [7, 11) is 0. The van der Waals surface area contributed by atoms with Gasteiger partial charge in [0.1, 0.15) is 10.2 Å². The van der Waals surface area contributed by atoms with Crippen molar-refractivity contribution in [2.75, 3.05) is 5.32 Å². The Balaban J connectivity index is 2.59. The van der Waals surface area contributed by atoms with Gasteiger partial charge < -0.3 is 4.74 Å². The maximum Gasteiger partial charge on any atom is 0.413 e.